The van der Waals surface area contributed by atoms with E-state index in [0.29, 0.717) is 6.04 Å². The molecule has 3 nitrogen and oxygen atoms in total. The maximum Gasteiger partial charge on any atom is 0.0484 e. The number of aromatic nitrogens is 1. The highest BCUT2D eigenvalue weighted by molar-refractivity contribution is 5.14. The van der Waals surface area contributed by atoms with Crippen molar-refractivity contribution in [3.63, 3.8) is 0 Å². The fraction of sp³-hybridized carbons (Fsp3) is 0.643. The van der Waals surface area contributed by atoms with Crippen LogP contribution in [0.1, 0.15) is 38.3 Å². The zero-order chi connectivity index (χ0) is 12.5. The summed E-state index contributed by atoms with van der Waals surface area (Å²) in [5.41, 5.74) is 1.27. The third kappa shape index (κ3) is 5.80. The summed E-state index contributed by atoms with van der Waals surface area (Å²) < 4.78 is 5.64. The van der Waals surface area contributed by atoms with Gasteiger partial charge in [0.25, 0.3) is 0 Å². The summed E-state index contributed by atoms with van der Waals surface area (Å²) in [6, 6.07) is 4.46. The van der Waals surface area contributed by atoms with Gasteiger partial charge in [-0.15, -0.1) is 0 Å². The summed E-state index contributed by atoms with van der Waals surface area (Å²) in [5, 5.41) is 3.31. The molecule has 1 aromatic rings. The molecule has 0 bridgehead atoms. The van der Waals surface area contributed by atoms with Crippen molar-refractivity contribution < 1.29 is 4.74 Å². The van der Waals surface area contributed by atoms with Crippen LogP contribution in [0.25, 0.3) is 0 Å². The molecule has 1 rings (SSSR count). The Labute approximate surface area is 105 Å². The van der Waals surface area contributed by atoms with E-state index in [2.05, 4.69) is 36.3 Å². The average Bonchev–Trinajstić information content (AvgIpc) is 2.34. The van der Waals surface area contributed by atoms with Crippen molar-refractivity contribution >= 4 is 0 Å². The predicted octanol–water partition coefficient (Wildman–Crippen LogP) is 2.79. The van der Waals surface area contributed by atoms with Gasteiger partial charge in [0, 0.05) is 31.6 Å². The van der Waals surface area contributed by atoms with Crippen molar-refractivity contribution in [3.8, 4) is 0 Å². The molecule has 0 fully saturated rings. The number of hydrogen-bond acceptors (Lipinski definition) is 3. The molecule has 1 aromatic heterocycles. The molecule has 1 unspecified atom stereocenters. The zero-order valence-corrected chi connectivity index (χ0v) is 11.1. The van der Waals surface area contributed by atoms with Crippen LogP contribution in [-0.2, 0) is 4.74 Å². The Balaban J connectivity index is 2.24. The molecule has 0 aromatic carbocycles. The van der Waals surface area contributed by atoms with Crippen LogP contribution in [0.2, 0.25) is 0 Å². The monoisotopic (exact) mass is 236 g/mol. The van der Waals surface area contributed by atoms with Gasteiger partial charge in [0.1, 0.15) is 0 Å². The van der Waals surface area contributed by atoms with Crippen LogP contribution in [0.4, 0.5) is 0 Å². The lowest BCUT2D eigenvalue weighted by atomic mass is 10.1. The minimum atomic E-state index is 0.358. The van der Waals surface area contributed by atoms with Crippen LogP contribution >= 0.6 is 0 Å². The van der Waals surface area contributed by atoms with Crippen molar-refractivity contribution in [2.75, 3.05) is 20.3 Å². The summed E-state index contributed by atoms with van der Waals surface area (Å²) in [6.45, 7) is 6.11. The summed E-state index contributed by atoms with van der Waals surface area (Å²) in [5.74, 6) is 0.718. The number of hydrogen-bond donors (Lipinski definition) is 1. The van der Waals surface area contributed by atoms with E-state index in [1.807, 2.05) is 19.4 Å². The van der Waals surface area contributed by atoms with E-state index >= 15 is 0 Å². The largest absolute Gasteiger partial charge is 0.381 e. The minimum absolute atomic E-state index is 0.358. The zero-order valence-electron chi connectivity index (χ0n) is 11.1. The second kappa shape index (κ2) is 8.20. The standard InChI is InChI=1S/C14H24N2O/c1-12(2)6-10-17-11-7-14(15-3)13-4-8-16-9-5-13/h4-5,8-9,12,14-15H,6-7,10-11H2,1-3H3. The van der Waals surface area contributed by atoms with Crippen LogP contribution in [0.5, 0.6) is 0 Å². The lowest BCUT2D eigenvalue weighted by Crippen LogP contribution is -2.18. The third-order valence-electron chi connectivity index (χ3n) is 2.85. The van der Waals surface area contributed by atoms with Crippen LogP contribution in [0.3, 0.4) is 0 Å². The van der Waals surface area contributed by atoms with Crippen LogP contribution in [0.15, 0.2) is 24.5 Å². The molecule has 0 radical (unpaired) electrons. The van der Waals surface area contributed by atoms with Gasteiger partial charge in [-0.1, -0.05) is 13.8 Å². The molecule has 0 amide bonds. The Kier molecular flexibility index (Phi) is 6.82. The second-order valence-electron chi connectivity index (χ2n) is 4.71. The van der Waals surface area contributed by atoms with Gasteiger partial charge in [0.2, 0.25) is 0 Å². The first kappa shape index (κ1) is 14.1. The lowest BCUT2D eigenvalue weighted by Gasteiger charge is -2.16. The molecule has 1 N–H and O–H groups in total. The van der Waals surface area contributed by atoms with Gasteiger partial charge >= 0.3 is 0 Å². The molecule has 96 valence electrons. The van der Waals surface area contributed by atoms with Crippen molar-refractivity contribution in [1.82, 2.24) is 10.3 Å². The average molecular weight is 236 g/mol. The van der Waals surface area contributed by atoms with E-state index in [1.54, 1.807) is 0 Å². The van der Waals surface area contributed by atoms with Crippen molar-refractivity contribution in [3.05, 3.63) is 30.1 Å². The highest BCUT2D eigenvalue weighted by atomic mass is 16.5. The molecule has 0 saturated heterocycles. The first-order valence-electron chi connectivity index (χ1n) is 6.39. The fourth-order valence-electron chi connectivity index (χ4n) is 1.70. The Morgan fingerprint density at radius 2 is 1.82 bits per heavy atom. The van der Waals surface area contributed by atoms with E-state index in [1.165, 1.54) is 5.56 Å². The van der Waals surface area contributed by atoms with Gasteiger partial charge in [0.05, 0.1) is 0 Å². The summed E-state index contributed by atoms with van der Waals surface area (Å²) in [4.78, 5) is 4.03. The molecule has 1 heterocycles. The normalized spacial score (nSPS) is 12.9. The number of pyridine rings is 1. The van der Waals surface area contributed by atoms with Gasteiger partial charge in [-0.3, -0.25) is 4.98 Å². The molecule has 17 heavy (non-hydrogen) atoms. The molecular weight excluding hydrogens is 212 g/mol. The first-order chi connectivity index (χ1) is 8.24. The lowest BCUT2D eigenvalue weighted by molar-refractivity contribution is 0.115. The number of nitrogens with one attached hydrogen (secondary N) is 1. The van der Waals surface area contributed by atoms with Crippen LogP contribution in [-0.4, -0.2) is 25.2 Å². The van der Waals surface area contributed by atoms with E-state index < -0.39 is 0 Å². The van der Waals surface area contributed by atoms with Crippen molar-refractivity contribution in [2.45, 2.75) is 32.7 Å². The van der Waals surface area contributed by atoms with Gasteiger partial charge in [-0.25, -0.2) is 0 Å². The quantitative estimate of drug-likeness (QED) is 0.705. The van der Waals surface area contributed by atoms with E-state index in [0.717, 1.165) is 32.0 Å². The fourth-order valence-corrected chi connectivity index (χ4v) is 1.70. The van der Waals surface area contributed by atoms with Gasteiger partial charge in [-0.05, 0) is 43.5 Å². The van der Waals surface area contributed by atoms with Crippen LogP contribution < -0.4 is 5.32 Å². The van der Waals surface area contributed by atoms with Crippen molar-refractivity contribution in [1.29, 1.82) is 0 Å². The maximum absolute atomic E-state index is 5.64. The number of rotatable bonds is 8. The Bertz CT molecular complexity index is 288. The molecular formula is C14H24N2O. The van der Waals surface area contributed by atoms with Gasteiger partial charge in [-0.2, -0.15) is 0 Å². The summed E-state index contributed by atoms with van der Waals surface area (Å²) in [7, 11) is 1.99. The topological polar surface area (TPSA) is 34.1 Å². The Morgan fingerprint density at radius 3 is 2.41 bits per heavy atom. The smallest absolute Gasteiger partial charge is 0.0484 e. The molecule has 0 saturated carbocycles. The molecule has 0 aliphatic heterocycles. The summed E-state index contributed by atoms with van der Waals surface area (Å²) >= 11 is 0. The van der Waals surface area contributed by atoms with E-state index in [-0.39, 0.29) is 0 Å². The third-order valence-corrected chi connectivity index (χ3v) is 2.85. The van der Waals surface area contributed by atoms with E-state index in [4.69, 9.17) is 4.74 Å². The van der Waals surface area contributed by atoms with Gasteiger partial charge < -0.3 is 10.1 Å². The molecule has 3 heteroatoms. The van der Waals surface area contributed by atoms with Crippen molar-refractivity contribution in [2.24, 2.45) is 5.92 Å². The highest BCUT2D eigenvalue weighted by Gasteiger charge is 2.08. The summed E-state index contributed by atoms with van der Waals surface area (Å²) in [6.07, 6.45) is 5.80. The minimum Gasteiger partial charge on any atom is -0.381 e. The number of nitrogens with zero attached hydrogens (tertiary/aromatic N) is 1. The Morgan fingerprint density at radius 1 is 1.18 bits per heavy atom. The SMILES string of the molecule is CNC(CCOCCC(C)C)c1ccncc1. The molecule has 0 aliphatic rings. The maximum atomic E-state index is 5.64. The predicted molar refractivity (Wildman–Crippen MR) is 70.9 cm³/mol. The highest BCUT2D eigenvalue weighted by Crippen LogP contribution is 2.15. The van der Waals surface area contributed by atoms with Crippen LogP contribution in [0, 0.1) is 5.92 Å². The molecule has 1 atom stereocenters. The molecule has 0 aliphatic carbocycles. The van der Waals surface area contributed by atoms with Gasteiger partial charge in [0.15, 0.2) is 0 Å². The molecule has 0 spiro atoms. The first-order valence-corrected chi connectivity index (χ1v) is 6.39. The Hall–Kier alpha value is -0.930. The number of ether oxygens (including phenoxy) is 1. The van der Waals surface area contributed by atoms with E-state index in [9.17, 15) is 0 Å². The second-order valence-corrected chi connectivity index (χ2v) is 4.71.